The molecule has 2 rings (SSSR count). The second-order valence-corrected chi connectivity index (χ2v) is 6.81. The molecule has 2 heteroatoms. The van der Waals surface area contributed by atoms with Gasteiger partial charge in [-0.1, -0.05) is 58.3 Å². The van der Waals surface area contributed by atoms with Crippen LogP contribution in [0.4, 0.5) is 0 Å². The third-order valence-electron chi connectivity index (χ3n) is 5.09. The molecule has 0 unspecified atom stereocenters. The zero-order valence-corrected chi connectivity index (χ0v) is 13.1. The maximum Gasteiger partial charge on any atom is 0.0309 e. The first-order chi connectivity index (χ1) is 9.35. The van der Waals surface area contributed by atoms with Crippen molar-refractivity contribution in [2.24, 2.45) is 0 Å². The number of rotatable bonds is 7. The van der Waals surface area contributed by atoms with E-state index < -0.39 is 0 Å². The van der Waals surface area contributed by atoms with Gasteiger partial charge in [0.25, 0.3) is 0 Å². The summed E-state index contributed by atoms with van der Waals surface area (Å²) in [6, 6.07) is 0. The molecule has 0 atom stereocenters. The molecule has 1 spiro atoms. The zero-order valence-electron chi connectivity index (χ0n) is 13.1. The Kier molecular flexibility index (Phi) is 6.66. The van der Waals surface area contributed by atoms with Crippen molar-refractivity contribution in [3.63, 3.8) is 0 Å². The van der Waals surface area contributed by atoms with Crippen molar-refractivity contribution in [3.05, 3.63) is 0 Å². The molecular formula is C17H34N2. The number of piperazine rings is 1. The van der Waals surface area contributed by atoms with Crippen LogP contribution in [0.15, 0.2) is 0 Å². The number of nitrogens with one attached hydrogen (secondary N) is 1. The van der Waals surface area contributed by atoms with Crippen LogP contribution >= 0.6 is 0 Å². The van der Waals surface area contributed by atoms with Crippen LogP contribution in [0.5, 0.6) is 0 Å². The minimum atomic E-state index is 0.499. The van der Waals surface area contributed by atoms with E-state index in [9.17, 15) is 0 Å². The first kappa shape index (κ1) is 15.3. The van der Waals surface area contributed by atoms with Crippen LogP contribution in [0, 0.1) is 0 Å². The van der Waals surface area contributed by atoms with Crippen LogP contribution in [-0.2, 0) is 0 Å². The second-order valence-electron chi connectivity index (χ2n) is 6.81. The van der Waals surface area contributed by atoms with Gasteiger partial charge in [-0.15, -0.1) is 0 Å². The van der Waals surface area contributed by atoms with Crippen LogP contribution in [-0.4, -0.2) is 36.6 Å². The predicted molar refractivity (Wildman–Crippen MR) is 83.6 cm³/mol. The van der Waals surface area contributed by atoms with Crippen molar-refractivity contribution >= 4 is 0 Å². The lowest BCUT2D eigenvalue weighted by atomic mass is 9.80. The molecule has 2 nitrogen and oxygen atoms in total. The van der Waals surface area contributed by atoms with Gasteiger partial charge in [0, 0.05) is 25.2 Å². The highest BCUT2D eigenvalue weighted by atomic mass is 15.2. The summed E-state index contributed by atoms with van der Waals surface area (Å²) in [6.07, 6.45) is 15.7. The van der Waals surface area contributed by atoms with Gasteiger partial charge in [0.15, 0.2) is 0 Å². The van der Waals surface area contributed by atoms with E-state index in [0.29, 0.717) is 5.54 Å². The van der Waals surface area contributed by atoms with Gasteiger partial charge >= 0.3 is 0 Å². The van der Waals surface area contributed by atoms with Crippen molar-refractivity contribution in [1.29, 1.82) is 0 Å². The fourth-order valence-electron chi connectivity index (χ4n) is 3.91. The Morgan fingerprint density at radius 1 is 0.947 bits per heavy atom. The molecule has 1 saturated carbocycles. The van der Waals surface area contributed by atoms with Crippen molar-refractivity contribution in [1.82, 2.24) is 10.2 Å². The molecule has 1 aliphatic carbocycles. The first-order valence-electron chi connectivity index (χ1n) is 8.82. The summed E-state index contributed by atoms with van der Waals surface area (Å²) in [6.45, 7) is 7.45. The number of hydrogen-bond acceptors (Lipinski definition) is 2. The van der Waals surface area contributed by atoms with Gasteiger partial charge in [-0.25, -0.2) is 0 Å². The number of hydrogen-bond donors (Lipinski definition) is 1. The molecule has 1 N–H and O–H groups in total. The smallest absolute Gasteiger partial charge is 0.0309 e. The van der Waals surface area contributed by atoms with E-state index >= 15 is 0 Å². The Balaban J connectivity index is 1.61. The molecule has 0 amide bonds. The topological polar surface area (TPSA) is 15.3 Å². The van der Waals surface area contributed by atoms with Crippen LogP contribution in [0.2, 0.25) is 0 Å². The molecule has 19 heavy (non-hydrogen) atoms. The summed E-state index contributed by atoms with van der Waals surface area (Å²) in [7, 11) is 0. The van der Waals surface area contributed by atoms with E-state index in [4.69, 9.17) is 0 Å². The normalized spacial score (nSPS) is 23.8. The van der Waals surface area contributed by atoms with Gasteiger partial charge < -0.3 is 10.2 Å². The van der Waals surface area contributed by atoms with E-state index in [1.54, 1.807) is 0 Å². The van der Waals surface area contributed by atoms with E-state index in [1.165, 1.54) is 96.8 Å². The van der Waals surface area contributed by atoms with Crippen LogP contribution in [0.1, 0.15) is 77.6 Å². The lowest BCUT2D eigenvalue weighted by Gasteiger charge is -2.46. The number of nitrogens with zero attached hydrogens (tertiary/aromatic N) is 1. The molecular weight excluding hydrogens is 232 g/mol. The van der Waals surface area contributed by atoms with Gasteiger partial charge in [0.05, 0.1) is 0 Å². The summed E-state index contributed by atoms with van der Waals surface area (Å²) >= 11 is 0. The summed E-state index contributed by atoms with van der Waals surface area (Å²) in [5.41, 5.74) is 0.499. The Bertz CT molecular complexity index is 228. The lowest BCUT2D eigenvalue weighted by molar-refractivity contribution is 0.0980. The van der Waals surface area contributed by atoms with E-state index in [1.807, 2.05) is 0 Å². The second kappa shape index (κ2) is 8.26. The minimum Gasteiger partial charge on any atom is -0.309 e. The Labute approximate surface area is 120 Å². The molecule has 0 aromatic rings. The van der Waals surface area contributed by atoms with Crippen molar-refractivity contribution < 1.29 is 0 Å². The van der Waals surface area contributed by atoms with Crippen molar-refractivity contribution in [2.75, 3.05) is 26.2 Å². The Hall–Kier alpha value is -0.0800. The van der Waals surface area contributed by atoms with Gasteiger partial charge in [0.2, 0.25) is 0 Å². The monoisotopic (exact) mass is 266 g/mol. The molecule has 0 radical (unpaired) electrons. The summed E-state index contributed by atoms with van der Waals surface area (Å²) < 4.78 is 0. The molecule has 1 heterocycles. The molecule has 2 aliphatic rings. The third kappa shape index (κ3) is 5.07. The van der Waals surface area contributed by atoms with Crippen LogP contribution < -0.4 is 5.32 Å². The fourth-order valence-corrected chi connectivity index (χ4v) is 3.91. The maximum absolute atomic E-state index is 3.84. The molecule has 0 aromatic carbocycles. The van der Waals surface area contributed by atoms with E-state index in [-0.39, 0.29) is 0 Å². The standard InChI is InChI=1S/C17H34N2/c1-2-3-4-5-6-10-14-19-15-13-18-17(16-19)11-8-7-9-12-17/h18H,2-16H2,1H3. The van der Waals surface area contributed by atoms with Gasteiger partial charge in [0.1, 0.15) is 0 Å². The molecule has 112 valence electrons. The summed E-state index contributed by atoms with van der Waals surface area (Å²) in [5, 5.41) is 3.84. The third-order valence-corrected chi connectivity index (χ3v) is 5.09. The zero-order chi connectivity index (χ0) is 13.4. The SMILES string of the molecule is CCCCCCCCN1CCNC2(CCCCC2)C1. The van der Waals surface area contributed by atoms with Gasteiger partial charge in [-0.3, -0.25) is 0 Å². The fraction of sp³-hybridized carbons (Fsp3) is 1.00. The summed E-state index contributed by atoms with van der Waals surface area (Å²) in [5.74, 6) is 0. The number of unbranched alkanes of at least 4 members (excludes halogenated alkanes) is 5. The minimum absolute atomic E-state index is 0.499. The average Bonchev–Trinajstić information content (AvgIpc) is 2.44. The highest BCUT2D eigenvalue weighted by molar-refractivity contribution is 4.96. The van der Waals surface area contributed by atoms with Gasteiger partial charge in [-0.05, 0) is 25.8 Å². The van der Waals surface area contributed by atoms with E-state index in [0.717, 1.165) is 0 Å². The molecule has 1 saturated heterocycles. The highest BCUT2D eigenvalue weighted by Gasteiger charge is 2.35. The average molecular weight is 266 g/mol. The predicted octanol–water partition coefficient (Wildman–Crippen LogP) is 3.96. The molecule has 2 fully saturated rings. The van der Waals surface area contributed by atoms with E-state index in [2.05, 4.69) is 17.1 Å². The molecule has 0 aromatic heterocycles. The Morgan fingerprint density at radius 3 is 2.47 bits per heavy atom. The first-order valence-corrected chi connectivity index (χ1v) is 8.82. The largest absolute Gasteiger partial charge is 0.309 e. The quantitative estimate of drug-likeness (QED) is 0.702. The molecule has 0 bridgehead atoms. The Morgan fingerprint density at radius 2 is 1.68 bits per heavy atom. The lowest BCUT2D eigenvalue weighted by Crippen LogP contribution is -2.61. The summed E-state index contributed by atoms with van der Waals surface area (Å²) in [4.78, 5) is 2.74. The van der Waals surface area contributed by atoms with Crippen molar-refractivity contribution in [3.8, 4) is 0 Å². The van der Waals surface area contributed by atoms with Crippen LogP contribution in [0.3, 0.4) is 0 Å². The molecule has 1 aliphatic heterocycles. The maximum atomic E-state index is 3.84. The van der Waals surface area contributed by atoms with Crippen LogP contribution in [0.25, 0.3) is 0 Å². The highest BCUT2D eigenvalue weighted by Crippen LogP contribution is 2.30. The van der Waals surface area contributed by atoms with Gasteiger partial charge in [-0.2, -0.15) is 0 Å². The van der Waals surface area contributed by atoms with Crippen molar-refractivity contribution in [2.45, 2.75) is 83.1 Å².